The molecular formula is C15H19NO4S. The van der Waals surface area contributed by atoms with E-state index in [-0.39, 0.29) is 31.2 Å². The minimum atomic E-state index is -3.76. The fourth-order valence-electron chi connectivity index (χ4n) is 2.38. The Labute approximate surface area is 124 Å². The van der Waals surface area contributed by atoms with Gasteiger partial charge in [-0.25, -0.2) is 8.42 Å². The fraction of sp³-hybridized carbons (Fsp3) is 0.333. The molecular weight excluding hydrogens is 290 g/mol. The van der Waals surface area contributed by atoms with Crippen LogP contribution in [0, 0.1) is 6.92 Å². The second kappa shape index (κ2) is 6.53. The van der Waals surface area contributed by atoms with Crippen LogP contribution in [0.25, 0.3) is 10.8 Å². The van der Waals surface area contributed by atoms with Crippen molar-refractivity contribution in [2.24, 2.45) is 0 Å². The zero-order valence-corrected chi connectivity index (χ0v) is 12.7. The highest BCUT2D eigenvalue weighted by Crippen LogP contribution is 2.27. The largest absolute Gasteiger partial charge is 0.395 e. The first-order valence-electron chi connectivity index (χ1n) is 6.72. The molecule has 0 saturated heterocycles. The number of aliphatic hydroxyl groups excluding tert-OH is 2. The van der Waals surface area contributed by atoms with Gasteiger partial charge in [-0.1, -0.05) is 30.3 Å². The van der Waals surface area contributed by atoms with E-state index in [1.165, 1.54) is 0 Å². The average molecular weight is 309 g/mol. The van der Waals surface area contributed by atoms with Crippen LogP contribution in [0.4, 0.5) is 0 Å². The molecule has 2 aromatic rings. The van der Waals surface area contributed by atoms with Gasteiger partial charge in [0.15, 0.2) is 0 Å². The summed E-state index contributed by atoms with van der Waals surface area (Å²) < 4.78 is 26.6. The van der Waals surface area contributed by atoms with E-state index in [2.05, 4.69) is 0 Å². The molecule has 0 fully saturated rings. The van der Waals surface area contributed by atoms with Crippen LogP contribution in [0.15, 0.2) is 41.3 Å². The molecule has 2 N–H and O–H groups in total. The maximum Gasteiger partial charge on any atom is 0.243 e. The van der Waals surface area contributed by atoms with Gasteiger partial charge < -0.3 is 10.2 Å². The lowest BCUT2D eigenvalue weighted by Gasteiger charge is -2.21. The maximum absolute atomic E-state index is 12.7. The number of sulfonamides is 1. The van der Waals surface area contributed by atoms with Crippen molar-refractivity contribution in [3.8, 4) is 0 Å². The minimum absolute atomic E-state index is 0.0366. The van der Waals surface area contributed by atoms with Crippen LogP contribution in [0.2, 0.25) is 0 Å². The molecule has 0 atom stereocenters. The molecule has 0 aliphatic heterocycles. The van der Waals surface area contributed by atoms with Crippen molar-refractivity contribution in [2.45, 2.75) is 11.8 Å². The lowest BCUT2D eigenvalue weighted by Crippen LogP contribution is -2.36. The predicted molar refractivity (Wildman–Crippen MR) is 81.6 cm³/mol. The first-order valence-corrected chi connectivity index (χ1v) is 8.16. The van der Waals surface area contributed by atoms with Crippen molar-refractivity contribution in [3.05, 3.63) is 42.0 Å². The monoisotopic (exact) mass is 309 g/mol. The fourth-order valence-corrected chi connectivity index (χ4v) is 4.01. The van der Waals surface area contributed by atoms with Crippen LogP contribution in [-0.2, 0) is 10.0 Å². The minimum Gasteiger partial charge on any atom is -0.395 e. The molecule has 2 rings (SSSR count). The van der Waals surface area contributed by atoms with Crippen molar-refractivity contribution >= 4 is 20.8 Å². The highest BCUT2D eigenvalue weighted by atomic mass is 32.2. The Kier molecular flexibility index (Phi) is 4.95. The van der Waals surface area contributed by atoms with Crippen LogP contribution < -0.4 is 0 Å². The van der Waals surface area contributed by atoms with Crippen LogP contribution >= 0.6 is 0 Å². The number of benzene rings is 2. The number of hydrogen-bond acceptors (Lipinski definition) is 4. The Morgan fingerprint density at radius 2 is 1.52 bits per heavy atom. The van der Waals surface area contributed by atoms with E-state index < -0.39 is 10.0 Å². The van der Waals surface area contributed by atoms with Crippen LogP contribution in [0.5, 0.6) is 0 Å². The van der Waals surface area contributed by atoms with E-state index in [1.807, 2.05) is 25.1 Å². The SMILES string of the molecule is Cc1cccc2c(S(=O)(=O)N(CCO)CCO)cccc12. The summed E-state index contributed by atoms with van der Waals surface area (Å²) in [5, 5.41) is 19.6. The first-order chi connectivity index (χ1) is 10.0. The lowest BCUT2D eigenvalue weighted by molar-refractivity contribution is 0.217. The van der Waals surface area contributed by atoms with Crippen LogP contribution in [0.1, 0.15) is 5.56 Å². The molecule has 0 aliphatic carbocycles. The summed E-state index contributed by atoms with van der Waals surface area (Å²) in [5.41, 5.74) is 1.00. The number of aryl methyl sites for hydroxylation is 1. The molecule has 0 saturated carbocycles. The highest BCUT2D eigenvalue weighted by Gasteiger charge is 2.25. The van der Waals surface area contributed by atoms with Crippen molar-refractivity contribution in [1.29, 1.82) is 0 Å². The summed E-state index contributed by atoms with van der Waals surface area (Å²) in [6, 6.07) is 10.7. The van der Waals surface area contributed by atoms with Crippen molar-refractivity contribution in [1.82, 2.24) is 4.31 Å². The summed E-state index contributed by atoms with van der Waals surface area (Å²) in [4.78, 5) is 0.200. The Balaban J connectivity index is 2.61. The summed E-state index contributed by atoms with van der Waals surface area (Å²) in [5.74, 6) is 0. The molecule has 114 valence electrons. The third kappa shape index (κ3) is 3.08. The highest BCUT2D eigenvalue weighted by molar-refractivity contribution is 7.89. The van der Waals surface area contributed by atoms with Gasteiger partial charge in [-0.3, -0.25) is 0 Å². The van der Waals surface area contributed by atoms with E-state index in [0.717, 1.165) is 15.3 Å². The standard InChI is InChI=1S/C15H19NO4S/c1-12-4-2-6-14-13(12)5-3-7-15(14)21(19,20)16(8-10-17)9-11-18/h2-7,17-18H,8-11H2,1H3. The Morgan fingerprint density at radius 1 is 0.952 bits per heavy atom. The zero-order valence-electron chi connectivity index (χ0n) is 11.9. The first kappa shape index (κ1) is 15.9. The number of rotatable bonds is 6. The van der Waals surface area contributed by atoms with Gasteiger partial charge >= 0.3 is 0 Å². The molecule has 0 radical (unpaired) electrons. The topological polar surface area (TPSA) is 77.8 Å². The zero-order chi connectivity index (χ0) is 15.5. The summed E-state index contributed by atoms with van der Waals surface area (Å²) in [6.07, 6.45) is 0. The average Bonchev–Trinajstić information content (AvgIpc) is 2.47. The van der Waals surface area contributed by atoms with Gasteiger partial charge in [0.25, 0.3) is 0 Å². The number of nitrogens with zero attached hydrogens (tertiary/aromatic N) is 1. The van der Waals surface area contributed by atoms with E-state index in [1.54, 1.807) is 18.2 Å². The van der Waals surface area contributed by atoms with E-state index >= 15 is 0 Å². The van der Waals surface area contributed by atoms with Gasteiger partial charge in [-0.15, -0.1) is 0 Å². The summed E-state index contributed by atoms with van der Waals surface area (Å²) in [6.45, 7) is 1.28. The second-order valence-corrected chi connectivity index (χ2v) is 6.68. The molecule has 0 bridgehead atoms. The molecule has 0 aliphatic rings. The summed E-state index contributed by atoms with van der Waals surface area (Å²) >= 11 is 0. The van der Waals surface area contributed by atoms with Gasteiger partial charge in [0.05, 0.1) is 18.1 Å². The Hall–Kier alpha value is -1.47. The number of hydrogen-bond donors (Lipinski definition) is 2. The second-order valence-electron chi connectivity index (χ2n) is 4.78. The quantitative estimate of drug-likeness (QED) is 0.838. The van der Waals surface area contributed by atoms with Crippen molar-refractivity contribution in [3.63, 3.8) is 0 Å². The van der Waals surface area contributed by atoms with Gasteiger partial charge in [0, 0.05) is 18.5 Å². The molecule has 2 aromatic carbocycles. The Bertz CT molecular complexity index is 722. The number of fused-ring (bicyclic) bond motifs is 1. The van der Waals surface area contributed by atoms with E-state index in [9.17, 15) is 8.42 Å². The molecule has 0 spiro atoms. The van der Waals surface area contributed by atoms with E-state index in [0.29, 0.717) is 5.39 Å². The van der Waals surface area contributed by atoms with Gasteiger partial charge in [0.2, 0.25) is 10.0 Å². The smallest absolute Gasteiger partial charge is 0.243 e. The molecule has 0 unspecified atom stereocenters. The molecule has 5 nitrogen and oxygen atoms in total. The molecule has 21 heavy (non-hydrogen) atoms. The molecule has 0 heterocycles. The van der Waals surface area contributed by atoms with Gasteiger partial charge in [-0.2, -0.15) is 4.31 Å². The Morgan fingerprint density at radius 3 is 2.14 bits per heavy atom. The lowest BCUT2D eigenvalue weighted by atomic mass is 10.1. The third-order valence-corrected chi connectivity index (χ3v) is 5.37. The predicted octanol–water partition coefficient (Wildman–Crippen LogP) is 1.12. The molecule has 0 amide bonds. The van der Waals surface area contributed by atoms with E-state index in [4.69, 9.17) is 10.2 Å². The third-order valence-electron chi connectivity index (χ3n) is 3.42. The molecule has 0 aromatic heterocycles. The maximum atomic E-state index is 12.7. The van der Waals surface area contributed by atoms with Gasteiger partial charge in [-0.05, 0) is 23.9 Å². The molecule has 6 heteroatoms. The number of aliphatic hydroxyl groups is 2. The van der Waals surface area contributed by atoms with Gasteiger partial charge in [0.1, 0.15) is 0 Å². The van der Waals surface area contributed by atoms with Crippen molar-refractivity contribution < 1.29 is 18.6 Å². The summed E-state index contributed by atoms with van der Waals surface area (Å²) in [7, 11) is -3.76. The normalized spacial score (nSPS) is 12.2. The van der Waals surface area contributed by atoms with Crippen molar-refractivity contribution in [2.75, 3.05) is 26.3 Å². The van der Waals surface area contributed by atoms with Crippen LogP contribution in [0.3, 0.4) is 0 Å². The van der Waals surface area contributed by atoms with Crippen LogP contribution in [-0.4, -0.2) is 49.2 Å².